The number of hydrogen-bond donors (Lipinski definition) is 4. The van der Waals surface area contributed by atoms with Gasteiger partial charge in [-0.1, -0.05) is 18.2 Å². The highest BCUT2D eigenvalue weighted by molar-refractivity contribution is 6.18. The Kier molecular flexibility index (Phi) is 5.94. The van der Waals surface area contributed by atoms with Gasteiger partial charge in [0.15, 0.2) is 0 Å². The first-order valence-corrected chi connectivity index (χ1v) is 7.92. The number of carboxylic acid groups (broad SMARTS) is 4. The van der Waals surface area contributed by atoms with Crippen LogP contribution in [0.5, 0.6) is 0 Å². The maximum Gasteiger partial charge on any atom is 0.417 e. The predicted molar refractivity (Wildman–Crippen MR) is 89.7 cm³/mol. The highest BCUT2D eigenvalue weighted by Gasteiger charge is 2.47. The Labute approximate surface area is 171 Å². The third kappa shape index (κ3) is 4.06. The van der Waals surface area contributed by atoms with Crippen molar-refractivity contribution >= 4 is 23.9 Å². The number of benzene rings is 2. The van der Waals surface area contributed by atoms with Gasteiger partial charge in [-0.2, -0.15) is 26.3 Å². The Morgan fingerprint density at radius 1 is 0.594 bits per heavy atom. The van der Waals surface area contributed by atoms with Gasteiger partial charge in [-0.05, 0) is 11.6 Å². The van der Waals surface area contributed by atoms with Crippen molar-refractivity contribution in [2.75, 3.05) is 0 Å². The van der Waals surface area contributed by atoms with Gasteiger partial charge in [0.05, 0.1) is 33.4 Å². The molecule has 14 heteroatoms. The van der Waals surface area contributed by atoms with Crippen molar-refractivity contribution in [3.05, 3.63) is 57.6 Å². The van der Waals surface area contributed by atoms with E-state index in [1.54, 1.807) is 0 Å². The van der Waals surface area contributed by atoms with Crippen molar-refractivity contribution in [2.45, 2.75) is 12.4 Å². The number of aromatic carboxylic acids is 4. The summed E-state index contributed by atoms with van der Waals surface area (Å²) in [5.74, 6) is -10.2. The zero-order chi connectivity index (χ0) is 24.8. The maximum atomic E-state index is 13.9. The Morgan fingerprint density at radius 2 is 1.00 bits per heavy atom. The molecule has 0 bridgehead atoms. The predicted octanol–water partition coefficient (Wildman–Crippen LogP) is 4.18. The van der Waals surface area contributed by atoms with Gasteiger partial charge in [-0.15, -0.1) is 0 Å². The maximum absolute atomic E-state index is 13.9. The molecule has 2 aromatic carbocycles. The second kappa shape index (κ2) is 7.86. The lowest BCUT2D eigenvalue weighted by Gasteiger charge is -2.23. The monoisotopic (exact) mass is 466 g/mol. The van der Waals surface area contributed by atoms with E-state index in [1.807, 2.05) is 0 Å². The van der Waals surface area contributed by atoms with Crippen LogP contribution in [0.2, 0.25) is 0 Å². The number of carbonyl (C=O) groups is 4. The van der Waals surface area contributed by atoms with Crippen molar-refractivity contribution in [2.24, 2.45) is 0 Å². The normalized spacial score (nSPS) is 11.8. The molecule has 0 aliphatic carbocycles. The highest BCUT2D eigenvalue weighted by atomic mass is 19.4. The summed E-state index contributed by atoms with van der Waals surface area (Å²) in [6.45, 7) is 0. The molecule has 32 heavy (non-hydrogen) atoms. The molecule has 2 aromatic rings. The molecule has 0 unspecified atom stereocenters. The van der Waals surface area contributed by atoms with Crippen LogP contribution in [0.25, 0.3) is 11.1 Å². The van der Waals surface area contributed by atoms with Crippen LogP contribution < -0.4 is 0 Å². The van der Waals surface area contributed by atoms with E-state index in [1.165, 1.54) is 0 Å². The molecule has 0 aliphatic heterocycles. The van der Waals surface area contributed by atoms with Crippen LogP contribution in [-0.4, -0.2) is 44.3 Å². The molecule has 0 amide bonds. The molecular formula is C18H8F6O8. The molecule has 0 radical (unpaired) electrons. The average Bonchev–Trinajstić information content (AvgIpc) is 2.63. The zero-order valence-corrected chi connectivity index (χ0v) is 15.0. The van der Waals surface area contributed by atoms with E-state index in [4.69, 9.17) is 0 Å². The van der Waals surface area contributed by atoms with Crippen LogP contribution in [0, 0.1) is 0 Å². The first-order valence-electron chi connectivity index (χ1n) is 7.92. The summed E-state index contributed by atoms with van der Waals surface area (Å²) < 4.78 is 82.2. The molecule has 0 atom stereocenters. The molecular weight excluding hydrogens is 458 g/mol. The smallest absolute Gasteiger partial charge is 0.417 e. The van der Waals surface area contributed by atoms with E-state index in [9.17, 15) is 65.9 Å². The van der Waals surface area contributed by atoms with Gasteiger partial charge >= 0.3 is 36.2 Å². The summed E-state index contributed by atoms with van der Waals surface area (Å²) in [6.07, 6.45) is -11.3. The highest BCUT2D eigenvalue weighted by Crippen LogP contribution is 2.47. The van der Waals surface area contributed by atoms with E-state index in [2.05, 4.69) is 0 Å². The van der Waals surface area contributed by atoms with Gasteiger partial charge in [0.1, 0.15) is 0 Å². The van der Waals surface area contributed by atoms with E-state index < -0.39 is 80.7 Å². The molecule has 0 saturated carbocycles. The molecule has 8 nitrogen and oxygen atoms in total. The fourth-order valence-electron chi connectivity index (χ4n) is 3.11. The number of carboxylic acids is 4. The van der Waals surface area contributed by atoms with Crippen LogP contribution >= 0.6 is 0 Å². The van der Waals surface area contributed by atoms with Crippen molar-refractivity contribution in [1.29, 1.82) is 0 Å². The SMILES string of the molecule is O=C(O)c1c(C(=O)O)c(C(=O)O)c(C(F)(F)F)c(-c2ccccc2C(F)(F)F)c1C(=O)O. The summed E-state index contributed by atoms with van der Waals surface area (Å²) in [5, 5.41) is 37.2. The largest absolute Gasteiger partial charge is 0.478 e. The number of hydrogen-bond acceptors (Lipinski definition) is 4. The van der Waals surface area contributed by atoms with Crippen molar-refractivity contribution in [3.8, 4) is 11.1 Å². The Balaban J connectivity index is 3.46. The Morgan fingerprint density at radius 3 is 1.38 bits per heavy atom. The van der Waals surface area contributed by atoms with Gasteiger partial charge in [0.25, 0.3) is 0 Å². The molecule has 0 aromatic heterocycles. The second-order valence-corrected chi connectivity index (χ2v) is 6.01. The Hall–Kier alpha value is -4.10. The van der Waals surface area contributed by atoms with Crippen LogP contribution in [0.15, 0.2) is 24.3 Å². The first-order chi connectivity index (χ1) is 14.5. The van der Waals surface area contributed by atoms with Crippen molar-refractivity contribution in [3.63, 3.8) is 0 Å². The third-order valence-electron chi connectivity index (χ3n) is 4.14. The van der Waals surface area contributed by atoms with E-state index >= 15 is 0 Å². The summed E-state index contributed by atoms with van der Waals surface area (Å²) in [6, 6.07) is 2.13. The van der Waals surface area contributed by atoms with E-state index in [0.717, 1.165) is 12.1 Å². The molecule has 0 heterocycles. The molecule has 0 saturated heterocycles. The van der Waals surface area contributed by atoms with Crippen LogP contribution in [-0.2, 0) is 12.4 Å². The summed E-state index contributed by atoms with van der Waals surface area (Å²) in [7, 11) is 0. The van der Waals surface area contributed by atoms with E-state index in [-0.39, 0.29) is 6.07 Å². The van der Waals surface area contributed by atoms with Crippen molar-refractivity contribution in [1.82, 2.24) is 0 Å². The van der Waals surface area contributed by atoms with Crippen molar-refractivity contribution < 1.29 is 65.9 Å². The zero-order valence-electron chi connectivity index (χ0n) is 15.0. The van der Waals surface area contributed by atoms with Crippen LogP contribution in [0.3, 0.4) is 0 Å². The standard InChI is InChI=1S/C18H8F6O8/c19-17(20,21)6-4-2-1-3-5(6)7-8(13(25)26)9(14(27)28)10(15(29)30)11(16(31)32)12(7)18(22,23)24/h1-4H,(H,25,26)(H,27,28)(H,29,30)(H,31,32). The fourth-order valence-corrected chi connectivity index (χ4v) is 3.11. The van der Waals surface area contributed by atoms with Gasteiger partial charge in [0.2, 0.25) is 0 Å². The quantitative estimate of drug-likeness (QED) is 0.480. The number of halogens is 6. The third-order valence-corrected chi connectivity index (χ3v) is 4.14. The Bertz CT molecular complexity index is 1160. The molecule has 0 spiro atoms. The topological polar surface area (TPSA) is 149 Å². The molecule has 2 rings (SSSR count). The number of rotatable bonds is 5. The molecule has 4 N–H and O–H groups in total. The summed E-state index contributed by atoms with van der Waals surface area (Å²) in [5.41, 5.74) is -16.0. The second-order valence-electron chi connectivity index (χ2n) is 6.01. The lowest BCUT2D eigenvalue weighted by molar-refractivity contribution is -0.139. The minimum atomic E-state index is -5.91. The molecule has 0 aliphatic rings. The minimum Gasteiger partial charge on any atom is -0.478 e. The average molecular weight is 466 g/mol. The lowest BCUT2D eigenvalue weighted by atomic mass is 9.81. The van der Waals surface area contributed by atoms with Gasteiger partial charge in [0, 0.05) is 5.56 Å². The number of alkyl halides is 6. The molecule has 170 valence electrons. The summed E-state index contributed by atoms with van der Waals surface area (Å²) in [4.78, 5) is 46.5. The van der Waals surface area contributed by atoms with Crippen LogP contribution in [0.4, 0.5) is 26.3 Å². The van der Waals surface area contributed by atoms with E-state index in [0.29, 0.717) is 6.07 Å². The molecule has 0 fully saturated rings. The van der Waals surface area contributed by atoms with Gasteiger partial charge in [-0.25, -0.2) is 19.2 Å². The fraction of sp³-hybridized carbons (Fsp3) is 0.111. The first kappa shape index (κ1) is 24.2. The minimum absolute atomic E-state index is 0.257. The summed E-state index contributed by atoms with van der Waals surface area (Å²) >= 11 is 0. The van der Waals surface area contributed by atoms with Crippen LogP contribution in [0.1, 0.15) is 52.6 Å². The lowest BCUT2D eigenvalue weighted by Crippen LogP contribution is -2.27. The van der Waals surface area contributed by atoms with Gasteiger partial charge in [-0.3, -0.25) is 0 Å². The van der Waals surface area contributed by atoms with Gasteiger partial charge < -0.3 is 20.4 Å².